The van der Waals surface area contributed by atoms with Gasteiger partial charge in [-0.25, -0.2) is 0 Å². The van der Waals surface area contributed by atoms with Gasteiger partial charge >= 0.3 is 0 Å². The molecular formula is C15H23ClN2O. The van der Waals surface area contributed by atoms with Gasteiger partial charge in [-0.1, -0.05) is 17.7 Å². The quantitative estimate of drug-likeness (QED) is 0.905. The number of anilines is 1. The average Bonchev–Trinajstić information content (AvgIpc) is 2.24. The Labute approximate surface area is 120 Å². The van der Waals surface area contributed by atoms with E-state index in [-0.39, 0.29) is 11.2 Å². The summed E-state index contributed by atoms with van der Waals surface area (Å²) in [6.45, 7) is 10.6. The van der Waals surface area contributed by atoms with E-state index in [0.717, 1.165) is 29.4 Å². The Hall–Kier alpha value is -0.770. The summed E-state index contributed by atoms with van der Waals surface area (Å²) in [7, 11) is 0. The third-order valence-corrected chi connectivity index (χ3v) is 3.69. The van der Waals surface area contributed by atoms with Gasteiger partial charge in [0, 0.05) is 35.9 Å². The smallest absolute Gasteiger partial charge is 0.0808 e. The molecule has 0 atom stereocenters. The molecule has 1 fully saturated rings. The molecule has 0 saturated carbocycles. The Balaban J connectivity index is 2.39. The van der Waals surface area contributed by atoms with Gasteiger partial charge in [-0.3, -0.25) is 0 Å². The van der Waals surface area contributed by atoms with E-state index in [9.17, 15) is 0 Å². The van der Waals surface area contributed by atoms with Crippen LogP contribution < -0.4 is 10.6 Å². The van der Waals surface area contributed by atoms with Gasteiger partial charge in [0.2, 0.25) is 0 Å². The van der Waals surface area contributed by atoms with Crippen LogP contribution in [0, 0.1) is 0 Å². The van der Waals surface area contributed by atoms with Gasteiger partial charge in [0.1, 0.15) is 0 Å². The van der Waals surface area contributed by atoms with Crippen molar-refractivity contribution in [2.45, 2.75) is 45.4 Å². The van der Waals surface area contributed by atoms with Crippen LogP contribution in [0.4, 0.5) is 5.69 Å². The molecule has 3 nitrogen and oxygen atoms in total. The first-order valence-corrected chi connectivity index (χ1v) is 7.04. The predicted molar refractivity (Wildman–Crippen MR) is 80.8 cm³/mol. The van der Waals surface area contributed by atoms with E-state index in [1.165, 1.54) is 0 Å². The largest absolute Gasteiger partial charge is 0.366 e. The molecule has 1 aromatic carbocycles. The summed E-state index contributed by atoms with van der Waals surface area (Å²) in [5.74, 6) is 0. The van der Waals surface area contributed by atoms with Crippen molar-refractivity contribution in [1.82, 2.24) is 0 Å². The molecule has 4 heteroatoms. The summed E-state index contributed by atoms with van der Waals surface area (Å²) in [6.07, 6.45) is 0. The molecule has 0 amide bonds. The molecule has 0 radical (unpaired) electrons. The van der Waals surface area contributed by atoms with E-state index in [1.807, 2.05) is 12.1 Å². The highest BCUT2D eigenvalue weighted by atomic mass is 35.5. The molecule has 1 aliphatic heterocycles. The molecule has 2 rings (SSSR count). The number of morpholine rings is 1. The van der Waals surface area contributed by atoms with Gasteiger partial charge in [0.05, 0.1) is 11.2 Å². The summed E-state index contributed by atoms with van der Waals surface area (Å²) >= 11 is 6.25. The number of benzene rings is 1. The molecule has 106 valence electrons. The summed E-state index contributed by atoms with van der Waals surface area (Å²) in [4.78, 5) is 2.33. The minimum absolute atomic E-state index is 0.185. The number of ether oxygens (including phenoxy) is 1. The SMILES string of the molecule is CC1(C)CN(c2cccc(Cl)c2CN)CC(C)(C)O1. The lowest BCUT2D eigenvalue weighted by atomic mass is 9.97. The zero-order valence-corrected chi connectivity index (χ0v) is 12.9. The monoisotopic (exact) mass is 282 g/mol. The number of nitrogens with zero attached hydrogens (tertiary/aromatic N) is 1. The highest BCUT2D eigenvalue weighted by molar-refractivity contribution is 6.31. The lowest BCUT2D eigenvalue weighted by molar-refractivity contribution is -0.133. The number of nitrogens with two attached hydrogens (primary N) is 1. The molecule has 0 unspecified atom stereocenters. The van der Waals surface area contributed by atoms with Gasteiger partial charge in [-0.15, -0.1) is 0 Å². The van der Waals surface area contributed by atoms with E-state index < -0.39 is 0 Å². The van der Waals surface area contributed by atoms with Gasteiger partial charge in [-0.05, 0) is 39.8 Å². The minimum atomic E-state index is -0.185. The second-order valence-electron chi connectivity index (χ2n) is 6.42. The van der Waals surface area contributed by atoms with Gasteiger partial charge in [0.15, 0.2) is 0 Å². The van der Waals surface area contributed by atoms with E-state index >= 15 is 0 Å². The van der Waals surface area contributed by atoms with Crippen molar-refractivity contribution in [2.75, 3.05) is 18.0 Å². The minimum Gasteiger partial charge on any atom is -0.366 e. The number of rotatable bonds is 2. The second-order valence-corrected chi connectivity index (χ2v) is 6.83. The van der Waals surface area contributed by atoms with Crippen molar-refractivity contribution >= 4 is 17.3 Å². The van der Waals surface area contributed by atoms with Crippen molar-refractivity contribution in [3.8, 4) is 0 Å². The van der Waals surface area contributed by atoms with Crippen molar-refractivity contribution in [1.29, 1.82) is 0 Å². The average molecular weight is 283 g/mol. The van der Waals surface area contributed by atoms with Crippen LogP contribution in [-0.4, -0.2) is 24.3 Å². The highest BCUT2D eigenvalue weighted by Crippen LogP contribution is 2.34. The van der Waals surface area contributed by atoms with Crippen LogP contribution in [0.2, 0.25) is 5.02 Å². The van der Waals surface area contributed by atoms with Crippen LogP contribution in [-0.2, 0) is 11.3 Å². The lowest BCUT2D eigenvalue weighted by Gasteiger charge is -2.48. The van der Waals surface area contributed by atoms with Crippen LogP contribution in [0.1, 0.15) is 33.3 Å². The first kappa shape index (κ1) is 14.6. The summed E-state index contributed by atoms with van der Waals surface area (Å²) < 4.78 is 6.11. The van der Waals surface area contributed by atoms with E-state index in [4.69, 9.17) is 22.1 Å². The Morgan fingerprint density at radius 2 is 1.79 bits per heavy atom. The van der Waals surface area contributed by atoms with Crippen LogP contribution in [0.25, 0.3) is 0 Å². The molecule has 1 aromatic rings. The molecule has 1 aliphatic rings. The first-order valence-electron chi connectivity index (χ1n) is 6.67. The maximum absolute atomic E-state index is 6.25. The highest BCUT2D eigenvalue weighted by Gasteiger charge is 2.38. The van der Waals surface area contributed by atoms with E-state index in [2.05, 4.69) is 38.7 Å². The molecule has 0 aromatic heterocycles. The fourth-order valence-electron chi connectivity index (χ4n) is 3.00. The summed E-state index contributed by atoms with van der Waals surface area (Å²) in [5, 5.41) is 0.738. The maximum atomic E-state index is 6.25. The molecule has 19 heavy (non-hydrogen) atoms. The fraction of sp³-hybridized carbons (Fsp3) is 0.600. The normalized spacial score (nSPS) is 21.5. The van der Waals surface area contributed by atoms with Gasteiger partial charge < -0.3 is 15.4 Å². The van der Waals surface area contributed by atoms with Crippen molar-refractivity contribution in [3.05, 3.63) is 28.8 Å². The first-order chi connectivity index (χ1) is 8.74. The predicted octanol–water partition coefficient (Wildman–Crippen LogP) is 3.19. The maximum Gasteiger partial charge on any atom is 0.0808 e. The third-order valence-electron chi connectivity index (χ3n) is 3.33. The number of hydrogen-bond acceptors (Lipinski definition) is 3. The van der Waals surface area contributed by atoms with Crippen LogP contribution in [0.5, 0.6) is 0 Å². The van der Waals surface area contributed by atoms with Crippen LogP contribution in [0.3, 0.4) is 0 Å². The standard InChI is InChI=1S/C15H23ClN2O/c1-14(2)9-18(10-15(3,4)19-14)13-7-5-6-12(16)11(13)8-17/h5-7H,8-10,17H2,1-4H3. The van der Waals surface area contributed by atoms with Crippen molar-refractivity contribution in [3.63, 3.8) is 0 Å². The second kappa shape index (κ2) is 4.97. The Kier molecular flexibility index (Phi) is 3.83. The summed E-state index contributed by atoms with van der Waals surface area (Å²) in [5.41, 5.74) is 7.62. The molecule has 0 aliphatic carbocycles. The van der Waals surface area contributed by atoms with E-state index in [0.29, 0.717) is 6.54 Å². The molecule has 0 bridgehead atoms. The molecule has 1 saturated heterocycles. The van der Waals surface area contributed by atoms with E-state index in [1.54, 1.807) is 0 Å². The Morgan fingerprint density at radius 3 is 2.32 bits per heavy atom. The topological polar surface area (TPSA) is 38.5 Å². The molecule has 0 spiro atoms. The van der Waals surface area contributed by atoms with Crippen molar-refractivity contribution < 1.29 is 4.74 Å². The zero-order valence-electron chi connectivity index (χ0n) is 12.2. The van der Waals surface area contributed by atoms with Gasteiger partial charge in [-0.2, -0.15) is 0 Å². The molecule has 1 heterocycles. The zero-order chi connectivity index (χ0) is 14.3. The van der Waals surface area contributed by atoms with Crippen molar-refractivity contribution in [2.24, 2.45) is 5.73 Å². The third kappa shape index (κ3) is 3.22. The fourth-order valence-corrected chi connectivity index (χ4v) is 3.25. The number of hydrogen-bond donors (Lipinski definition) is 1. The molecular weight excluding hydrogens is 260 g/mol. The Morgan fingerprint density at radius 1 is 1.21 bits per heavy atom. The molecule has 2 N–H and O–H groups in total. The Bertz CT molecular complexity index is 455. The number of halogens is 1. The van der Waals surface area contributed by atoms with Gasteiger partial charge in [0.25, 0.3) is 0 Å². The summed E-state index contributed by atoms with van der Waals surface area (Å²) in [6, 6.07) is 5.96. The van der Waals surface area contributed by atoms with Crippen LogP contribution in [0.15, 0.2) is 18.2 Å². The van der Waals surface area contributed by atoms with Crippen LogP contribution >= 0.6 is 11.6 Å². The lowest BCUT2D eigenvalue weighted by Crippen LogP contribution is -2.57.